The summed E-state index contributed by atoms with van der Waals surface area (Å²) in [5, 5.41) is 7.01. The second-order valence-electron chi connectivity index (χ2n) is 5.97. The van der Waals surface area contributed by atoms with Crippen LogP contribution in [-0.4, -0.2) is 13.1 Å². The van der Waals surface area contributed by atoms with Gasteiger partial charge in [-0.15, -0.1) is 0 Å². The van der Waals surface area contributed by atoms with E-state index in [0.29, 0.717) is 5.92 Å². The summed E-state index contributed by atoms with van der Waals surface area (Å²) in [5.74, 6) is 0.543. The summed E-state index contributed by atoms with van der Waals surface area (Å²) in [6.07, 6.45) is 0. The molecule has 0 aliphatic heterocycles. The highest BCUT2D eigenvalue weighted by atomic mass is 14.9. The van der Waals surface area contributed by atoms with E-state index in [1.165, 1.54) is 28.1 Å². The molecule has 0 aromatic heterocycles. The first-order valence-electron chi connectivity index (χ1n) is 7.71. The largest absolute Gasteiger partial charge is 0.383 e. The first-order chi connectivity index (χ1) is 10.1. The zero-order valence-electron chi connectivity index (χ0n) is 13.5. The third-order valence-electron chi connectivity index (χ3n) is 3.57. The van der Waals surface area contributed by atoms with E-state index in [2.05, 4.69) is 80.8 Å². The average molecular weight is 282 g/mol. The lowest BCUT2D eigenvalue weighted by molar-refractivity contribution is 0.865. The van der Waals surface area contributed by atoms with E-state index in [-0.39, 0.29) is 0 Å². The Balaban J connectivity index is 1.87. The van der Waals surface area contributed by atoms with E-state index >= 15 is 0 Å². The highest BCUT2D eigenvalue weighted by Crippen LogP contribution is 2.23. The number of anilines is 2. The number of nitrogens with one attached hydrogen (secondary N) is 2. The Labute approximate surface area is 128 Å². The molecule has 0 amide bonds. The number of hydrogen-bond donors (Lipinski definition) is 2. The standard InChI is InChI=1S/C19H26N2/c1-14(2)18-7-5-6-8-19(18)21-10-9-20-17-12-15(3)11-16(4)13-17/h5-8,11-14,20-21H,9-10H2,1-4H3. The fraction of sp³-hybridized carbons (Fsp3) is 0.368. The molecule has 0 saturated heterocycles. The van der Waals surface area contributed by atoms with Gasteiger partial charge in [0.2, 0.25) is 0 Å². The Morgan fingerprint density at radius 1 is 0.857 bits per heavy atom. The number of hydrogen-bond acceptors (Lipinski definition) is 2. The molecule has 0 unspecified atom stereocenters. The van der Waals surface area contributed by atoms with Gasteiger partial charge in [0.1, 0.15) is 0 Å². The molecule has 0 bridgehead atoms. The van der Waals surface area contributed by atoms with Crippen LogP contribution in [0, 0.1) is 13.8 Å². The van der Waals surface area contributed by atoms with Crippen LogP contribution in [-0.2, 0) is 0 Å². The molecule has 0 aliphatic rings. The molecule has 0 radical (unpaired) electrons. The van der Waals surface area contributed by atoms with Gasteiger partial charge in [0.25, 0.3) is 0 Å². The summed E-state index contributed by atoms with van der Waals surface area (Å²) < 4.78 is 0. The molecule has 0 heterocycles. The lowest BCUT2D eigenvalue weighted by Crippen LogP contribution is -2.14. The topological polar surface area (TPSA) is 24.1 Å². The Morgan fingerprint density at radius 3 is 2.14 bits per heavy atom. The fourth-order valence-corrected chi connectivity index (χ4v) is 2.64. The quantitative estimate of drug-likeness (QED) is 0.732. The Kier molecular flexibility index (Phi) is 5.26. The number of rotatable bonds is 6. The van der Waals surface area contributed by atoms with Crippen LogP contribution >= 0.6 is 0 Å². The molecular formula is C19H26N2. The zero-order valence-corrected chi connectivity index (χ0v) is 13.5. The van der Waals surface area contributed by atoms with E-state index in [1.807, 2.05) is 0 Å². The summed E-state index contributed by atoms with van der Waals surface area (Å²) in [6.45, 7) is 10.6. The molecule has 2 N–H and O–H groups in total. The van der Waals surface area contributed by atoms with Gasteiger partial charge in [0.05, 0.1) is 0 Å². The van der Waals surface area contributed by atoms with Gasteiger partial charge in [0, 0.05) is 24.5 Å². The third kappa shape index (κ3) is 4.52. The summed E-state index contributed by atoms with van der Waals surface area (Å²) in [7, 11) is 0. The van der Waals surface area contributed by atoms with Crippen molar-refractivity contribution in [2.24, 2.45) is 0 Å². The molecule has 2 aromatic rings. The van der Waals surface area contributed by atoms with Crippen LogP contribution < -0.4 is 10.6 Å². The predicted molar refractivity (Wildman–Crippen MR) is 93.4 cm³/mol. The van der Waals surface area contributed by atoms with Crippen LogP contribution in [0.5, 0.6) is 0 Å². The lowest BCUT2D eigenvalue weighted by Gasteiger charge is -2.15. The predicted octanol–water partition coefficient (Wildman–Crippen LogP) is 4.95. The average Bonchev–Trinajstić information content (AvgIpc) is 2.43. The van der Waals surface area contributed by atoms with E-state index in [0.717, 1.165) is 13.1 Å². The zero-order chi connectivity index (χ0) is 15.2. The minimum absolute atomic E-state index is 0.543. The van der Waals surface area contributed by atoms with E-state index < -0.39 is 0 Å². The Bertz CT molecular complexity index is 568. The second kappa shape index (κ2) is 7.16. The number of benzene rings is 2. The van der Waals surface area contributed by atoms with Gasteiger partial charge in [-0.25, -0.2) is 0 Å². The van der Waals surface area contributed by atoms with E-state index in [1.54, 1.807) is 0 Å². The van der Waals surface area contributed by atoms with Crippen LogP contribution in [0.25, 0.3) is 0 Å². The molecule has 2 nitrogen and oxygen atoms in total. The van der Waals surface area contributed by atoms with Gasteiger partial charge in [-0.3, -0.25) is 0 Å². The van der Waals surface area contributed by atoms with Crippen LogP contribution in [0.4, 0.5) is 11.4 Å². The normalized spacial score (nSPS) is 10.7. The van der Waals surface area contributed by atoms with Crippen LogP contribution in [0.1, 0.15) is 36.5 Å². The molecule has 0 fully saturated rings. The van der Waals surface area contributed by atoms with Gasteiger partial charge in [0.15, 0.2) is 0 Å². The highest BCUT2D eigenvalue weighted by molar-refractivity contribution is 5.53. The van der Waals surface area contributed by atoms with Gasteiger partial charge in [-0.2, -0.15) is 0 Å². The van der Waals surface area contributed by atoms with Crippen LogP contribution in [0.15, 0.2) is 42.5 Å². The van der Waals surface area contributed by atoms with Gasteiger partial charge in [-0.1, -0.05) is 38.1 Å². The number of aryl methyl sites for hydroxylation is 2. The Hall–Kier alpha value is -1.96. The molecule has 2 heteroatoms. The maximum absolute atomic E-state index is 3.53. The van der Waals surface area contributed by atoms with Crippen molar-refractivity contribution in [2.75, 3.05) is 23.7 Å². The van der Waals surface area contributed by atoms with Crippen molar-refractivity contribution in [3.05, 3.63) is 59.2 Å². The lowest BCUT2D eigenvalue weighted by atomic mass is 10.0. The maximum Gasteiger partial charge on any atom is 0.0375 e. The molecule has 21 heavy (non-hydrogen) atoms. The van der Waals surface area contributed by atoms with Crippen LogP contribution in [0.2, 0.25) is 0 Å². The summed E-state index contributed by atoms with van der Waals surface area (Å²) in [6, 6.07) is 15.1. The molecule has 2 rings (SSSR count). The minimum atomic E-state index is 0.543. The van der Waals surface area contributed by atoms with Crippen molar-refractivity contribution in [2.45, 2.75) is 33.6 Å². The Morgan fingerprint density at radius 2 is 1.48 bits per heavy atom. The molecule has 0 spiro atoms. The van der Waals surface area contributed by atoms with Crippen LogP contribution in [0.3, 0.4) is 0 Å². The first-order valence-corrected chi connectivity index (χ1v) is 7.71. The molecule has 0 aliphatic carbocycles. The van der Waals surface area contributed by atoms with Gasteiger partial charge < -0.3 is 10.6 Å². The summed E-state index contributed by atoms with van der Waals surface area (Å²) >= 11 is 0. The SMILES string of the molecule is Cc1cc(C)cc(NCCNc2ccccc2C(C)C)c1. The number of para-hydroxylation sites is 1. The van der Waals surface area contributed by atoms with Gasteiger partial charge in [-0.05, 0) is 54.7 Å². The van der Waals surface area contributed by atoms with Crippen molar-refractivity contribution >= 4 is 11.4 Å². The van der Waals surface area contributed by atoms with Crippen molar-refractivity contribution < 1.29 is 0 Å². The van der Waals surface area contributed by atoms with Crippen molar-refractivity contribution in [3.8, 4) is 0 Å². The van der Waals surface area contributed by atoms with Crippen molar-refractivity contribution in [1.29, 1.82) is 0 Å². The summed E-state index contributed by atoms with van der Waals surface area (Å²) in [5.41, 5.74) is 6.43. The molecule has 0 saturated carbocycles. The van der Waals surface area contributed by atoms with Crippen molar-refractivity contribution in [3.63, 3.8) is 0 Å². The first kappa shape index (κ1) is 15.4. The smallest absolute Gasteiger partial charge is 0.0375 e. The van der Waals surface area contributed by atoms with Crippen molar-refractivity contribution in [1.82, 2.24) is 0 Å². The second-order valence-corrected chi connectivity index (χ2v) is 5.97. The van der Waals surface area contributed by atoms with Gasteiger partial charge >= 0.3 is 0 Å². The third-order valence-corrected chi connectivity index (χ3v) is 3.57. The molecular weight excluding hydrogens is 256 g/mol. The monoisotopic (exact) mass is 282 g/mol. The van der Waals surface area contributed by atoms with E-state index in [9.17, 15) is 0 Å². The maximum atomic E-state index is 3.53. The van der Waals surface area contributed by atoms with E-state index in [4.69, 9.17) is 0 Å². The molecule has 2 aromatic carbocycles. The minimum Gasteiger partial charge on any atom is -0.383 e. The fourth-order valence-electron chi connectivity index (χ4n) is 2.64. The summed E-state index contributed by atoms with van der Waals surface area (Å²) in [4.78, 5) is 0. The highest BCUT2D eigenvalue weighted by Gasteiger charge is 2.04. The molecule has 112 valence electrons. The molecule has 0 atom stereocenters.